The van der Waals surface area contributed by atoms with Crippen molar-refractivity contribution in [1.82, 2.24) is 15.5 Å². The predicted molar refractivity (Wildman–Crippen MR) is 73.4 cm³/mol. The third-order valence-electron chi connectivity index (χ3n) is 4.86. The summed E-state index contributed by atoms with van der Waals surface area (Å²) in [6, 6.07) is 0.793. The van der Waals surface area contributed by atoms with E-state index < -0.39 is 0 Å². The van der Waals surface area contributed by atoms with E-state index in [1.165, 1.54) is 0 Å². The van der Waals surface area contributed by atoms with Gasteiger partial charge in [-0.1, -0.05) is 6.92 Å². The maximum absolute atomic E-state index is 12.2. The van der Waals surface area contributed by atoms with Crippen molar-refractivity contribution in [2.45, 2.75) is 52.2 Å². The lowest BCUT2D eigenvalue weighted by Gasteiger charge is -2.30. The molecule has 5 unspecified atom stereocenters. The summed E-state index contributed by atoms with van der Waals surface area (Å²) in [4.78, 5) is 14.6. The molecule has 2 saturated heterocycles. The lowest BCUT2D eigenvalue weighted by molar-refractivity contribution is -0.126. The molecule has 0 aromatic carbocycles. The van der Waals surface area contributed by atoms with Gasteiger partial charge in [0, 0.05) is 18.6 Å². The molecule has 1 amide bonds. The van der Waals surface area contributed by atoms with Crippen LogP contribution in [0.25, 0.3) is 0 Å². The summed E-state index contributed by atoms with van der Waals surface area (Å²) in [6.45, 7) is 11.8. The van der Waals surface area contributed by atoms with Crippen LogP contribution in [-0.4, -0.2) is 48.6 Å². The highest BCUT2D eigenvalue weighted by Gasteiger charge is 2.44. The van der Waals surface area contributed by atoms with Crippen LogP contribution in [0.5, 0.6) is 0 Å². The van der Waals surface area contributed by atoms with E-state index in [1.807, 2.05) is 6.92 Å². The molecular weight excluding hydrogens is 226 g/mol. The van der Waals surface area contributed by atoms with Crippen molar-refractivity contribution >= 4 is 5.91 Å². The maximum atomic E-state index is 12.2. The zero-order valence-electron chi connectivity index (χ0n) is 12.1. The minimum Gasteiger partial charge on any atom is -0.352 e. The molecule has 4 heteroatoms. The number of fused-ring (bicyclic) bond motifs is 1. The molecule has 18 heavy (non-hydrogen) atoms. The second-order valence-electron chi connectivity index (χ2n) is 6.01. The van der Waals surface area contributed by atoms with Crippen LogP contribution >= 0.6 is 0 Å². The Bertz CT molecular complexity index is 307. The average molecular weight is 253 g/mol. The Balaban J connectivity index is 1.93. The van der Waals surface area contributed by atoms with Crippen LogP contribution in [0, 0.1) is 11.8 Å². The molecule has 0 aromatic rings. The first-order chi connectivity index (χ1) is 8.54. The van der Waals surface area contributed by atoms with Crippen molar-refractivity contribution in [1.29, 1.82) is 0 Å². The molecule has 2 aliphatic heterocycles. The lowest BCUT2D eigenvalue weighted by atomic mass is 9.95. The van der Waals surface area contributed by atoms with Crippen LogP contribution in [-0.2, 0) is 4.79 Å². The highest BCUT2D eigenvalue weighted by Crippen LogP contribution is 2.33. The zero-order chi connectivity index (χ0) is 13.3. The van der Waals surface area contributed by atoms with Crippen molar-refractivity contribution in [2.24, 2.45) is 11.8 Å². The summed E-state index contributed by atoms with van der Waals surface area (Å²) in [7, 11) is 0. The van der Waals surface area contributed by atoms with Gasteiger partial charge in [0.25, 0.3) is 0 Å². The van der Waals surface area contributed by atoms with Crippen molar-refractivity contribution in [3.05, 3.63) is 0 Å². The SMILES string of the molecule is CCC(C)NC(=O)C(C)N1CC2CNCC2C1C. The molecule has 104 valence electrons. The number of nitrogens with zero attached hydrogens (tertiary/aromatic N) is 1. The van der Waals surface area contributed by atoms with Crippen molar-refractivity contribution in [2.75, 3.05) is 19.6 Å². The predicted octanol–water partition coefficient (Wildman–Crippen LogP) is 0.829. The van der Waals surface area contributed by atoms with Gasteiger partial charge in [0.15, 0.2) is 0 Å². The first-order valence-electron chi connectivity index (χ1n) is 7.31. The van der Waals surface area contributed by atoms with Crippen LogP contribution in [0.4, 0.5) is 0 Å². The average Bonchev–Trinajstić information content (AvgIpc) is 2.91. The summed E-state index contributed by atoms with van der Waals surface area (Å²) in [6.07, 6.45) is 0.989. The molecule has 4 nitrogen and oxygen atoms in total. The van der Waals surface area contributed by atoms with Crippen molar-refractivity contribution < 1.29 is 4.79 Å². The van der Waals surface area contributed by atoms with E-state index in [0.717, 1.165) is 37.9 Å². The normalized spacial score (nSPS) is 35.2. The molecule has 0 saturated carbocycles. The molecule has 0 aromatic heterocycles. The number of hydrogen-bond donors (Lipinski definition) is 2. The fraction of sp³-hybridized carbons (Fsp3) is 0.929. The summed E-state index contributed by atoms with van der Waals surface area (Å²) in [5, 5.41) is 6.55. The standard InChI is InChI=1S/C14H27N3O/c1-5-9(2)16-14(18)11(4)17-8-12-6-15-7-13(12)10(17)3/h9-13,15H,5-8H2,1-4H3,(H,16,18). The van der Waals surface area contributed by atoms with Crippen LogP contribution in [0.15, 0.2) is 0 Å². The summed E-state index contributed by atoms with van der Waals surface area (Å²) in [5.41, 5.74) is 0. The van der Waals surface area contributed by atoms with Gasteiger partial charge in [-0.3, -0.25) is 9.69 Å². The zero-order valence-corrected chi connectivity index (χ0v) is 12.1. The maximum Gasteiger partial charge on any atom is 0.237 e. The number of carbonyl (C=O) groups excluding carboxylic acids is 1. The highest BCUT2D eigenvalue weighted by molar-refractivity contribution is 5.81. The molecule has 2 N–H and O–H groups in total. The van der Waals surface area contributed by atoms with E-state index in [2.05, 4.69) is 36.3 Å². The van der Waals surface area contributed by atoms with Gasteiger partial charge in [-0.25, -0.2) is 0 Å². The van der Waals surface area contributed by atoms with E-state index in [9.17, 15) is 4.79 Å². The van der Waals surface area contributed by atoms with Crippen LogP contribution in [0.1, 0.15) is 34.1 Å². The second kappa shape index (κ2) is 5.57. The Labute approximate surface area is 110 Å². The lowest BCUT2D eigenvalue weighted by Crippen LogP contribution is -2.49. The Hall–Kier alpha value is -0.610. The van der Waals surface area contributed by atoms with Crippen LogP contribution in [0.2, 0.25) is 0 Å². The fourth-order valence-electron chi connectivity index (χ4n) is 3.33. The molecule has 5 atom stereocenters. The van der Waals surface area contributed by atoms with Crippen LogP contribution < -0.4 is 10.6 Å². The minimum absolute atomic E-state index is 0.000370. The number of amides is 1. The Morgan fingerprint density at radius 1 is 1.44 bits per heavy atom. The van der Waals surface area contributed by atoms with E-state index in [0.29, 0.717) is 6.04 Å². The first kappa shape index (κ1) is 13.8. The van der Waals surface area contributed by atoms with Crippen LogP contribution in [0.3, 0.4) is 0 Å². The molecule has 2 heterocycles. The molecule has 2 rings (SSSR count). The third kappa shape index (κ3) is 2.54. The number of likely N-dealkylation sites (tertiary alicyclic amines) is 1. The van der Waals surface area contributed by atoms with Gasteiger partial charge in [-0.05, 0) is 52.1 Å². The quantitative estimate of drug-likeness (QED) is 0.780. The molecule has 2 fully saturated rings. The van der Waals surface area contributed by atoms with Gasteiger partial charge in [-0.2, -0.15) is 0 Å². The van der Waals surface area contributed by atoms with E-state index >= 15 is 0 Å². The molecule has 0 spiro atoms. The number of hydrogen-bond acceptors (Lipinski definition) is 3. The Morgan fingerprint density at radius 2 is 2.17 bits per heavy atom. The van der Waals surface area contributed by atoms with E-state index in [1.54, 1.807) is 0 Å². The molecule has 0 bridgehead atoms. The van der Waals surface area contributed by atoms with Gasteiger partial charge >= 0.3 is 0 Å². The van der Waals surface area contributed by atoms with Crippen molar-refractivity contribution in [3.8, 4) is 0 Å². The van der Waals surface area contributed by atoms with Gasteiger partial charge < -0.3 is 10.6 Å². The third-order valence-corrected chi connectivity index (χ3v) is 4.86. The number of nitrogens with one attached hydrogen (secondary N) is 2. The Morgan fingerprint density at radius 3 is 2.78 bits per heavy atom. The molecule has 0 aliphatic carbocycles. The van der Waals surface area contributed by atoms with Gasteiger partial charge in [-0.15, -0.1) is 0 Å². The summed E-state index contributed by atoms with van der Waals surface area (Å²) >= 11 is 0. The summed E-state index contributed by atoms with van der Waals surface area (Å²) < 4.78 is 0. The summed E-state index contributed by atoms with van der Waals surface area (Å²) in [5.74, 6) is 1.65. The van der Waals surface area contributed by atoms with Gasteiger partial charge in [0.05, 0.1) is 6.04 Å². The van der Waals surface area contributed by atoms with E-state index in [-0.39, 0.29) is 18.0 Å². The highest BCUT2D eigenvalue weighted by atomic mass is 16.2. The monoisotopic (exact) mass is 253 g/mol. The molecular formula is C14H27N3O. The second-order valence-corrected chi connectivity index (χ2v) is 6.01. The molecule has 0 radical (unpaired) electrons. The minimum atomic E-state index is -0.000370. The Kier molecular flexibility index (Phi) is 4.28. The first-order valence-corrected chi connectivity index (χ1v) is 7.31. The fourth-order valence-corrected chi connectivity index (χ4v) is 3.33. The molecule has 2 aliphatic rings. The largest absolute Gasteiger partial charge is 0.352 e. The van der Waals surface area contributed by atoms with Gasteiger partial charge in [0.1, 0.15) is 0 Å². The van der Waals surface area contributed by atoms with Gasteiger partial charge in [0.2, 0.25) is 5.91 Å². The topological polar surface area (TPSA) is 44.4 Å². The smallest absolute Gasteiger partial charge is 0.237 e. The number of rotatable bonds is 4. The van der Waals surface area contributed by atoms with Crippen molar-refractivity contribution in [3.63, 3.8) is 0 Å². The number of carbonyl (C=O) groups is 1. The van der Waals surface area contributed by atoms with E-state index in [4.69, 9.17) is 0 Å².